The van der Waals surface area contributed by atoms with E-state index in [0.29, 0.717) is 0 Å². The molecule has 0 spiro atoms. The van der Waals surface area contributed by atoms with Crippen LogP contribution in [-0.2, 0) is 6.42 Å². The van der Waals surface area contributed by atoms with Crippen molar-refractivity contribution in [2.75, 3.05) is 0 Å². The number of rotatable bonds is 3. The van der Waals surface area contributed by atoms with E-state index >= 15 is 0 Å². The number of aromatic nitrogens is 1. The number of H-pyrrole nitrogens is 1. The van der Waals surface area contributed by atoms with E-state index in [0.717, 1.165) is 19.3 Å². The molecular formula is C8H11N. The van der Waals surface area contributed by atoms with E-state index in [1.165, 1.54) is 5.56 Å². The van der Waals surface area contributed by atoms with E-state index in [9.17, 15) is 0 Å². The first-order chi connectivity index (χ1) is 4.43. The zero-order chi connectivity index (χ0) is 6.53. The standard InChI is InChI=1S/C8H11N/c1-2-3-4-8-5-6-9-7-8/h1,5-7,9H,2-4H2. The molecule has 1 nitrogen and oxygen atoms in total. The molecule has 0 bridgehead atoms. The van der Waals surface area contributed by atoms with Gasteiger partial charge in [0, 0.05) is 12.4 Å². The van der Waals surface area contributed by atoms with Crippen LogP contribution in [0.1, 0.15) is 18.4 Å². The van der Waals surface area contributed by atoms with Crippen LogP contribution in [0.3, 0.4) is 0 Å². The van der Waals surface area contributed by atoms with Crippen molar-refractivity contribution in [3.05, 3.63) is 30.9 Å². The fourth-order valence-corrected chi connectivity index (χ4v) is 0.820. The molecule has 1 heterocycles. The molecule has 0 aliphatic carbocycles. The summed E-state index contributed by atoms with van der Waals surface area (Å²) in [6.07, 6.45) is 6.91. The molecule has 1 aromatic heterocycles. The van der Waals surface area contributed by atoms with E-state index < -0.39 is 0 Å². The summed E-state index contributed by atoms with van der Waals surface area (Å²) in [5, 5.41) is 0. The molecule has 0 saturated carbocycles. The topological polar surface area (TPSA) is 15.8 Å². The highest BCUT2D eigenvalue weighted by Crippen LogP contribution is 2.01. The van der Waals surface area contributed by atoms with Crippen LogP contribution in [-0.4, -0.2) is 4.98 Å². The number of hydrogen-bond donors (Lipinski definition) is 1. The summed E-state index contributed by atoms with van der Waals surface area (Å²) < 4.78 is 0. The van der Waals surface area contributed by atoms with Crippen LogP contribution in [0.5, 0.6) is 0 Å². The Balaban J connectivity index is 2.30. The fourth-order valence-electron chi connectivity index (χ4n) is 0.820. The van der Waals surface area contributed by atoms with Gasteiger partial charge in [-0.2, -0.15) is 0 Å². The number of unbranched alkanes of at least 4 members (excludes halogenated alkanes) is 1. The Labute approximate surface area is 56.1 Å². The summed E-state index contributed by atoms with van der Waals surface area (Å²) in [6.45, 7) is 5.33. The van der Waals surface area contributed by atoms with Gasteiger partial charge in [0.2, 0.25) is 0 Å². The largest absolute Gasteiger partial charge is 0.367 e. The van der Waals surface area contributed by atoms with Gasteiger partial charge in [-0.3, -0.25) is 0 Å². The zero-order valence-electron chi connectivity index (χ0n) is 5.43. The molecule has 0 aromatic carbocycles. The molecule has 0 atom stereocenters. The summed E-state index contributed by atoms with van der Waals surface area (Å²) in [4.78, 5) is 3.00. The monoisotopic (exact) mass is 121 g/mol. The lowest BCUT2D eigenvalue weighted by Crippen LogP contribution is -1.78. The first kappa shape index (κ1) is 6.40. The minimum Gasteiger partial charge on any atom is -0.367 e. The maximum absolute atomic E-state index is 5.33. The third kappa shape index (κ3) is 1.92. The van der Waals surface area contributed by atoms with Crippen molar-refractivity contribution < 1.29 is 0 Å². The summed E-state index contributed by atoms with van der Waals surface area (Å²) >= 11 is 0. The molecule has 2 radical (unpaired) electrons. The van der Waals surface area contributed by atoms with E-state index in [4.69, 9.17) is 6.92 Å². The Bertz CT molecular complexity index is 142. The van der Waals surface area contributed by atoms with E-state index in [1.807, 2.05) is 12.4 Å². The molecule has 1 aromatic rings. The number of aromatic amines is 1. The van der Waals surface area contributed by atoms with E-state index in [2.05, 4.69) is 11.1 Å². The van der Waals surface area contributed by atoms with Crippen molar-refractivity contribution in [2.24, 2.45) is 0 Å². The molecule has 0 aliphatic rings. The van der Waals surface area contributed by atoms with Crippen molar-refractivity contribution in [1.82, 2.24) is 4.98 Å². The SMILES string of the molecule is [CH]CCCc1cc[nH]c1. The second-order valence-electron chi connectivity index (χ2n) is 2.11. The van der Waals surface area contributed by atoms with Crippen LogP contribution in [0.4, 0.5) is 0 Å². The van der Waals surface area contributed by atoms with Crippen molar-refractivity contribution in [2.45, 2.75) is 19.3 Å². The molecule has 0 unspecified atom stereocenters. The third-order valence-electron chi connectivity index (χ3n) is 1.33. The summed E-state index contributed by atoms with van der Waals surface area (Å²) in [7, 11) is 0. The second-order valence-corrected chi connectivity index (χ2v) is 2.11. The smallest absolute Gasteiger partial charge is 0.00373 e. The molecule has 0 aliphatic heterocycles. The van der Waals surface area contributed by atoms with Crippen LogP contribution in [0.2, 0.25) is 0 Å². The second kappa shape index (κ2) is 3.33. The lowest BCUT2D eigenvalue weighted by Gasteiger charge is -1.90. The first-order valence-corrected chi connectivity index (χ1v) is 3.25. The summed E-state index contributed by atoms with van der Waals surface area (Å²) in [5.41, 5.74) is 1.35. The molecule has 0 amide bonds. The van der Waals surface area contributed by atoms with Crippen molar-refractivity contribution in [3.63, 3.8) is 0 Å². The van der Waals surface area contributed by atoms with Crippen LogP contribution in [0, 0.1) is 6.92 Å². The maximum Gasteiger partial charge on any atom is 0.00373 e. The highest BCUT2D eigenvalue weighted by atomic mass is 14.6. The number of hydrogen-bond acceptors (Lipinski definition) is 0. The minimum atomic E-state index is 0.783. The lowest BCUT2D eigenvalue weighted by molar-refractivity contribution is 0.842. The minimum absolute atomic E-state index is 0.783. The quantitative estimate of drug-likeness (QED) is 0.630. The molecule has 0 fully saturated rings. The van der Waals surface area contributed by atoms with Crippen LogP contribution < -0.4 is 0 Å². The Morgan fingerprint density at radius 3 is 3.00 bits per heavy atom. The van der Waals surface area contributed by atoms with Gasteiger partial charge in [-0.05, 0) is 37.8 Å². The maximum atomic E-state index is 5.33. The van der Waals surface area contributed by atoms with Gasteiger partial charge in [0.15, 0.2) is 0 Å². The van der Waals surface area contributed by atoms with Gasteiger partial charge in [-0.25, -0.2) is 0 Å². The number of aryl methyl sites for hydroxylation is 1. The normalized spacial score (nSPS) is 9.89. The molecule has 1 heteroatoms. The van der Waals surface area contributed by atoms with E-state index in [1.54, 1.807) is 0 Å². The zero-order valence-corrected chi connectivity index (χ0v) is 5.43. The first-order valence-electron chi connectivity index (χ1n) is 3.25. The molecular weight excluding hydrogens is 110 g/mol. The van der Waals surface area contributed by atoms with Gasteiger partial charge in [0.25, 0.3) is 0 Å². The summed E-state index contributed by atoms with van der Waals surface area (Å²) in [6, 6.07) is 2.08. The van der Waals surface area contributed by atoms with Crippen molar-refractivity contribution in [3.8, 4) is 0 Å². The molecule has 48 valence electrons. The molecule has 0 saturated heterocycles. The Hall–Kier alpha value is -0.720. The third-order valence-corrected chi connectivity index (χ3v) is 1.33. The molecule has 9 heavy (non-hydrogen) atoms. The van der Waals surface area contributed by atoms with Gasteiger partial charge in [0.05, 0.1) is 0 Å². The lowest BCUT2D eigenvalue weighted by atomic mass is 10.2. The predicted molar refractivity (Wildman–Crippen MR) is 38.0 cm³/mol. The Morgan fingerprint density at radius 2 is 2.44 bits per heavy atom. The van der Waals surface area contributed by atoms with Crippen LogP contribution in [0.25, 0.3) is 0 Å². The Kier molecular flexibility index (Phi) is 2.37. The average molecular weight is 121 g/mol. The van der Waals surface area contributed by atoms with Gasteiger partial charge in [-0.1, -0.05) is 0 Å². The van der Waals surface area contributed by atoms with Crippen molar-refractivity contribution >= 4 is 0 Å². The highest BCUT2D eigenvalue weighted by molar-refractivity contribution is 5.07. The molecule has 1 N–H and O–H groups in total. The highest BCUT2D eigenvalue weighted by Gasteiger charge is 1.88. The van der Waals surface area contributed by atoms with Gasteiger partial charge in [0.1, 0.15) is 0 Å². The van der Waals surface area contributed by atoms with Gasteiger partial charge in [-0.15, -0.1) is 0 Å². The average Bonchev–Trinajstić information content (AvgIpc) is 2.34. The van der Waals surface area contributed by atoms with Crippen LogP contribution >= 0.6 is 0 Å². The summed E-state index contributed by atoms with van der Waals surface area (Å²) in [5.74, 6) is 0. The Morgan fingerprint density at radius 1 is 1.56 bits per heavy atom. The predicted octanol–water partition coefficient (Wildman–Crippen LogP) is 2.05. The fraction of sp³-hybridized carbons (Fsp3) is 0.375. The van der Waals surface area contributed by atoms with Gasteiger partial charge >= 0.3 is 0 Å². The number of nitrogens with one attached hydrogen (secondary N) is 1. The van der Waals surface area contributed by atoms with Crippen molar-refractivity contribution in [1.29, 1.82) is 0 Å². The van der Waals surface area contributed by atoms with Gasteiger partial charge < -0.3 is 4.98 Å². The molecule has 1 rings (SSSR count). The van der Waals surface area contributed by atoms with Crippen LogP contribution in [0.15, 0.2) is 18.5 Å². The van der Waals surface area contributed by atoms with E-state index in [-0.39, 0.29) is 0 Å².